The van der Waals surface area contributed by atoms with Crippen LogP contribution in [-0.2, 0) is 20.8 Å². The topological polar surface area (TPSA) is 118 Å². The highest BCUT2D eigenvalue weighted by atomic mass is 16.5. The summed E-state index contributed by atoms with van der Waals surface area (Å²) >= 11 is 0. The number of hydrazone groups is 1. The van der Waals surface area contributed by atoms with Crippen LogP contribution in [-0.4, -0.2) is 37.1 Å². The molecule has 0 aromatic heterocycles. The van der Waals surface area contributed by atoms with Crippen LogP contribution in [0.1, 0.15) is 18.1 Å². The first kappa shape index (κ1) is 26.7. The van der Waals surface area contributed by atoms with Crippen molar-refractivity contribution in [3.05, 3.63) is 96.6 Å². The predicted molar refractivity (Wildman–Crippen MR) is 143 cm³/mol. The Labute approximate surface area is 215 Å². The first-order valence-electron chi connectivity index (χ1n) is 11.6. The molecule has 0 atom stereocenters. The minimum atomic E-state index is -0.918. The SMILES string of the molecule is C=CCOc1ccc(NC(=O)C(=O)N/N=C\c2ccc(OCC(=O)Nc3ccc(CC)cc3)cc2)cc1. The third-order valence-electron chi connectivity index (χ3n) is 4.96. The molecule has 3 amide bonds. The van der Waals surface area contributed by atoms with Gasteiger partial charge in [0, 0.05) is 11.4 Å². The number of rotatable bonds is 11. The number of carbonyl (C=O) groups is 3. The zero-order valence-electron chi connectivity index (χ0n) is 20.4. The molecular weight excluding hydrogens is 472 g/mol. The molecule has 9 nitrogen and oxygen atoms in total. The normalized spacial score (nSPS) is 10.4. The molecule has 0 aliphatic heterocycles. The Morgan fingerprint density at radius 1 is 0.811 bits per heavy atom. The molecule has 0 heterocycles. The highest BCUT2D eigenvalue weighted by Gasteiger charge is 2.13. The van der Waals surface area contributed by atoms with E-state index in [1.54, 1.807) is 54.6 Å². The summed E-state index contributed by atoms with van der Waals surface area (Å²) in [6, 6.07) is 20.9. The molecule has 190 valence electrons. The third kappa shape index (κ3) is 8.99. The third-order valence-corrected chi connectivity index (χ3v) is 4.96. The lowest BCUT2D eigenvalue weighted by atomic mass is 10.1. The van der Waals surface area contributed by atoms with E-state index in [4.69, 9.17) is 9.47 Å². The van der Waals surface area contributed by atoms with Crippen LogP contribution in [0.3, 0.4) is 0 Å². The second-order valence-electron chi connectivity index (χ2n) is 7.73. The van der Waals surface area contributed by atoms with Crippen molar-refractivity contribution in [3.63, 3.8) is 0 Å². The summed E-state index contributed by atoms with van der Waals surface area (Å²) in [7, 11) is 0. The monoisotopic (exact) mass is 500 g/mol. The van der Waals surface area contributed by atoms with E-state index in [0.717, 1.165) is 6.42 Å². The molecule has 3 aromatic rings. The fourth-order valence-corrected chi connectivity index (χ4v) is 3.01. The number of nitrogens with one attached hydrogen (secondary N) is 3. The van der Waals surface area contributed by atoms with Crippen LogP contribution < -0.4 is 25.5 Å². The van der Waals surface area contributed by atoms with Gasteiger partial charge < -0.3 is 20.1 Å². The number of hydrogen-bond donors (Lipinski definition) is 3. The number of amides is 3. The Balaban J connectivity index is 1.40. The Morgan fingerprint density at radius 2 is 1.41 bits per heavy atom. The van der Waals surface area contributed by atoms with Gasteiger partial charge in [-0.05, 0) is 78.2 Å². The highest BCUT2D eigenvalue weighted by Crippen LogP contribution is 2.16. The van der Waals surface area contributed by atoms with Crippen LogP contribution in [0.15, 0.2) is 90.6 Å². The molecule has 3 rings (SSSR count). The molecule has 9 heteroatoms. The first-order chi connectivity index (χ1) is 18.0. The van der Waals surface area contributed by atoms with Crippen molar-refractivity contribution in [2.45, 2.75) is 13.3 Å². The molecular formula is C28H28N4O5. The van der Waals surface area contributed by atoms with Gasteiger partial charge in [0.05, 0.1) is 6.21 Å². The van der Waals surface area contributed by atoms with E-state index in [-0.39, 0.29) is 12.5 Å². The van der Waals surface area contributed by atoms with E-state index in [2.05, 4.69) is 34.7 Å². The maximum Gasteiger partial charge on any atom is 0.329 e. The quantitative estimate of drug-likeness (QED) is 0.160. The smallest absolute Gasteiger partial charge is 0.329 e. The van der Waals surface area contributed by atoms with E-state index in [1.165, 1.54) is 11.8 Å². The zero-order valence-corrected chi connectivity index (χ0v) is 20.4. The van der Waals surface area contributed by atoms with Gasteiger partial charge in [0.15, 0.2) is 6.61 Å². The molecule has 0 saturated carbocycles. The lowest BCUT2D eigenvalue weighted by Gasteiger charge is -2.08. The van der Waals surface area contributed by atoms with Crippen LogP contribution >= 0.6 is 0 Å². The fourth-order valence-electron chi connectivity index (χ4n) is 3.01. The maximum absolute atomic E-state index is 12.1. The molecule has 0 fully saturated rings. The molecule has 0 spiro atoms. The van der Waals surface area contributed by atoms with Crippen LogP contribution in [0.4, 0.5) is 11.4 Å². The minimum absolute atomic E-state index is 0.140. The van der Waals surface area contributed by atoms with Crippen molar-refractivity contribution in [2.24, 2.45) is 5.10 Å². The summed E-state index contributed by atoms with van der Waals surface area (Å²) in [6.45, 7) is 5.87. The zero-order chi connectivity index (χ0) is 26.5. The molecule has 37 heavy (non-hydrogen) atoms. The van der Waals surface area contributed by atoms with Gasteiger partial charge in [-0.3, -0.25) is 14.4 Å². The lowest BCUT2D eigenvalue weighted by molar-refractivity contribution is -0.136. The summed E-state index contributed by atoms with van der Waals surface area (Å²) in [5.74, 6) is -0.936. The largest absolute Gasteiger partial charge is 0.490 e. The Hall–Kier alpha value is -4.92. The van der Waals surface area contributed by atoms with Gasteiger partial charge in [-0.2, -0.15) is 5.10 Å². The number of carbonyl (C=O) groups excluding carboxylic acids is 3. The van der Waals surface area contributed by atoms with Crippen molar-refractivity contribution < 1.29 is 23.9 Å². The second-order valence-corrected chi connectivity index (χ2v) is 7.73. The van der Waals surface area contributed by atoms with E-state index in [1.807, 2.05) is 24.3 Å². The van der Waals surface area contributed by atoms with Crippen LogP contribution in [0.5, 0.6) is 11.5 Å². The summed E-state index contributed by atoms with van der Waals surface area (Å²) in [5, 5.41) is 9.05. The number of aryl methyl sites for hydroxylation is 1. The van der Waals surface area contributed by atoms with Gasteiger partial charge in [-0.15, -0.1) is 0 Å². The van der Waals surface area contributed by atoms with E-state index < -0.39 is 11.8 Å². The lowest BCUT2D eigenvalue weighted by Crippen LogP contribution is -2.32. The number of hydrogen-bond acceptors (Lipinski definition) is 6. The Kier molecular flexibility index (Phi) is 9.98. The number of ether oxygens (including phenoxy) is 2. The predicted octanol–water partition coefficient (Wildman–Crippen LogP) is 3.92. The molecule has 0 aliphatic carbocycles. The number of nitrogens with zero attached hydrogens (tertiary/aromatic N) is 1. The molecule has 3 N–H and O–H groups in total. The Morgan fingerprint density at radius 3 is 2.05 bits per heavy atom. The number of benzene rings is 3. The van der Waals surface area contributed by atoms with Gasteiger partial charge in [0.25, 0.3) is 5.91 Å². The van der Waals surface area contributed by atoms with E-state index in [0.29, 0.717) is 35.0 Å². The average molecular weight is 501 g/mol. The van der Waals surface area contributed by atoms with E-state index >= 15 is 0 Å². The van der Waals surface area contributed by atoms with Crippen molar-refractivity contribution in [3.8, 4) is 11.5 Å². The Bertz CT molecular complexity index is 1240. The van der Waals surface area contributed by atoms with Gasteiger partial charge in [0.1, 0.15) is 18.1 Å². The fraction of sp³-hybridized carbons (Fsp3) is 0.143. The van der Waals surface area contributed by atoms with Crippen LogP contribution in [0.25, 0.3) is 0 Å². The molecule has 0 unspecified atom stereocenters. The molecule has 0 bridgehead atoms. The molecule has 0 aliphatic rings. The van der Waals surface area contributed by atoms with Gasteiger partial charge in [-0.25, -0.2) is 5.43 Å². The molecule has 0 radical (unpaired) electrons. The molecule has 3 aromatic carbocycles. The minimum Gasteiger partial charge on any atom is -0.490 e. The molecule has 0 saturated heterocycles. The second kappa shape index (κ2) is 13.8. The van der Waals surface area contributed by atoms with Gasteiger partial charge >= 0.3 is 11.8 Å². The summed E-state index contributed by atoms with van der Waals surface area (Å²) in [6.07, 6.45) is 3.94. The summed E-state index contributed by atoms with van der Waals surface area (Å²) < 4.78 is 10.9. The summed E-state index contributed by atoms with van der Waals surface area (Å²) in [5.41, 5.74) is 5.17. The van der Waals surface area contributed by atoms with Crippen molar-refractivity contribution in [1.82, 2.24) is 5.43 Å². The standard InChI is InChI=1S/C28H28N4O5/c1-3-17-36-24-15-11-23(12-16-24)31-27(34)28(35)32-29-18-21-7-13-25(14-8-21)37-19-26(33)30-22-9-5-20(4-2)6-10-22/h3,5-16,18H,1,4,17,19H2,2H3,(H,30,33)(H,31,34)(H,32,35)/b29-18-. The summed E-state index contributed by atoms with van der Waals surface area (Å²) in [4.78, 5) is 36.1. The highest BCUT2D eigenvalue weighted by molar-refractivity contribution is 6.39. The maximum atomic E-state index is 12.1. The van der Waals surface area contributed by atoms with Crippen molar-refractivity contribution in [2.75, 3.05) is 23.8 Å². The van der Waals surface area contributed by atoms with E-state index in [9.17, 15) is 14.4 Å². The van der Waals surface area contributed by atoms with Crippen molar-refractivity contribution in [1.29, 1.82) is 0 Å². The van der Waals surface area contributed by atoms with Crippen molar-refractivity contribution >= 4 is 35.3 Å². The van der Waals surface area contributed by atoms with Gasteiger partial charge in [0.2, 0.25) is 0 Å². The number of anilines is 2. The van der Waals surface area contributed by atoms with Crippen LogP contribution in [0.2, 0.25) is 0 Å². The van der Waals surface area contributed by atoms with Gasteiger partial charge in [-0.1, -0.05) is 31.7 Å². The first-order valence-corrected chi connectivity index (χ1v) is 11.6. The average Bonchev–Trinajstić information content (AvgIpc) is 2.92. The van der Waals surface area contributed by atoms with Crippen LogP contribution in [0, 0.1) is 0 Å².